The van der Waals surface area contributed by atoms with Gasteiger partial charge in [-0.3, -0.25) is 4.79 Å². The molecule has 0 amide bonds. The van der Waals surface area contributed by atoms with Crippen LogP contribution in [-0.2, 0) is 19.8 Å². The molecule has 8 heteroatoms. The average Bonchev–Trinajstić information content (AvgIpc) is 2.68. The lowest BCUT2D eigenvalue weighted by atomic mass is 9.45. The second kappa shape index (κ2) is 8.64. The van der Waals surface area contributed by atoms with Crippen molar-refractivity contribution in [1.82, 2.24) is 0 Å². The number of rotatable bonds is 9. The third-order valence-electron chi connectivity index (χ3n) is 7.40. The number of benzene rings is 1. The lowest BCUT2D eigenvalue weighted by Gasteiger charge is -2.59. The van der Waals surface area contributed by atoms with E-state index in [1.165, 1.54) is 11.6 Å². The minimum atomic E-state index is -1.12. The minimum absolute atomic E-state index is 0.0204. The van der Waals surface area contributed by atoms with Crippen LogP contribution in [0.15, 0.2) is 23.8 Å². The number of phenolic OH excluding ortho intramolecular Hbond substituents is 2. The number of carbonyl (C=O) groups is 1. The molecule has 1 aromatic carbocycles. The standard InChI is InChI=1S/C24H33NO7/c1-14-10-16(18-13-17(14)23(18,2)3)21-19(11-15(26)12-20(21)27)24(4,5)22(28)31-8-6-7-9-32-25(29)30/h10-12,16-18,26-27H,6-9,13H2,1-5H3/t16-,17-,18-/m0/s1. The van der Waals surface area contributed by atoms with Crippen LogP contribution in [0.25, 0.3) is 0 Å². The maximum absolute atomic E-state index is 13.0. The lowest BCUT2D eigenvalue weighted by Crippen LogP contribution is -2.51. The third kappa shape index (κ3) is 4.27. The quantitative estimate of drug-likeness (QED) is 0.186. The number of hydrogen-bond acceptors (Lipinski definition) is 7. The van der Waals surface area contributed by atoms with Gasteiger partial charge in [0.05, 0.1) is 18.6 Å². The van der Waals surface area contributed by atoms with Gasteiger partial charge < -0.3 is 19.8 Å². The first-order valence-corrected chi connectivity index (χ1v) is 11.1. The Labute approximate surface area is 188 Å². The van der Waals surface area contributed by atoms with Crippen molar-refractivity contribution in [2.75, 3.05) is 13.2 Å². The molecule has 0 heterocycles. The molecule has 0 radical (unpaired) electrons. The number of aromatic hydroxyl groups is 2. The Morgan fingerprint density at radius 2 is 1.91 bits per heavy atom. The van der Waals surface area contributed by atoms with Crippen molar-refractivity contribution in [3.8, 4) is 11.5 Å². The first-order chi connectivity index (χ1) is 14.9. The van der Waals surface area contributed by atoms with Crippen molar-refractivity contribution in [3.05, 3.63) is 45.0 Å². The highest BCUT2D eigenvalue weighted by Gasteiger charge is 2.55. The van der Waals surface area contributed by atoms with Crippen LogP contribution in [0.4, 0.5) is 0 Å². The van der Waals surface area contributed by atoms with Crippen LogP contribution in [0.2, 0.25) is 0 Å². The molecule has 176 valence electrons. The van der Waals surface area contributed by atoms with Gasteiger partial charge in [-0.1, -0.05) is 25.5 Å². The molecule has 0 saturated heterocycles. The number of ether oxygens (including phenoxy) is 1. The number of phenols is 2. The molecule has 2 N–H and O–H groups in total. The summed E-state index contributed by atoms with van der Waals surface area (Å²) in [5.41, 5.74) is 1.49. The van der Waals surface area contributed by atoms with E-state index in [1.54, 1.807) is 19.9 Å². The van der Waals surface area contributed by atoms with E-state index in [4.69, 9.17) is 4.74 Å². The second-order valence-corrected chi connectivity index (χ2v) is 10.1. The Balaban J connectivity index is 1.83. The summed E-state index contributed by atoms with van der Waals surface area (Å²) in [4.78, 5) is 27.4. The predicted molar refractivity (Wildman–Crippen MR) is 118 cm³/mol. The molecule has 1 fully saturated rings. The summed E-state index contributed by atoms with van der Waals surface area (Å²) in [5.74, 6) is 0.190. The van der Waals surface area contributed by atoms with Crippen LogP contribution in [0.3, 0.4) is 0 Å². The van der Waals surface area contributed by atoms with E-state index in [9.17, 15) is 25.1 Å². The Morgan fingerprint density at radius 1 is 1.25 bits per heavy atom. The van der Waals surface area contributed by atoms with E-state index in [0.717, 1.165) is 6.42 Å². The molecular formula is C24H33NO7. The van der Waals surface area contributed by atoms with Crippen molar-refractivity contribution in [1.29, 1.82) is 0 Å². The second-order valence-electron chi connectivity index (χ2n) is 10.1. The zero-order chi connectivity index (χ0) is 23.8. The van der Waals surface area contributed by atoms with Gasteiger partial charge in [0, 0.05) is 17.5 Å². The molecule has 4 rings (SSSR count). The van der Waals surface area contributed by atoms with Crippen molar-refractivity contribution in [3.63, 3.8) is 0 Å². The average molecular weight is 448 g/mol. The summed E-state index contributed by atoms with van der Waals surface area (Å²) >= 11 is 0. The fraction of sp³-hybridized carbons (Fsp3) is 0.625. The largest absolute Gasteiger partial charge is 0.508 e. The zero-order valence-electron chi connectivity index (χ0n) is 19.4. The van der Waals surface area contributed by atoms with E-state index in [-0.39, 0.29) is 36.0 Å². The maximum Gasteiger partial charge on any atom is 0.315 e. The first-order valence-electron chi connectivity index (χ1n) is 11.1. The summed E-state index contributed by atoms with van der Waals surface area (Å²) in [6, 6.07) is 2.87. The Hall–Kier alpha value is -2.77. The summed E-state index contributed by atoms with van der Waals surface area (Å²) in [5, 5.41) is 30.4. The van der Waals surface area contributed by atoms with Crippen LogP contribution in [0.1, 0.15) is 70.9 Å². The van der Waals surface area contributed by atoms with Crippen molar-refractivity contribution < 1.29 is 29.7 Å². The number of nitrogens with zero attached hydrogens (tertiary/aromatic N) is 1. The van der Waals surface area contributed by atoms with Crippen molar-refractivity contribution >= 4 is 5.97 Å². The van der Waals surface area contributed by atoms with Crippen molar-refractivity contribution in [2.45, 2.75) is 65.2 Å². The molecule has 0 aromatic heterocycles. The number of fused-ring (bicyclic) bond motifs is 1. The number of unbranched alkanes of at least 4 members (excludes halogenated alkanes) is 1. The van der Waals surface area contributed by atoms with Gasteiger partial charge in [0.25, 0.3) is 5.09 Å². The molecule has 1 aromatic rings. The fourth-order valence-electron chi connectivity index (χ4n) is 5.43. The van der Waals surface area contributed by atoms with Gasteiger partial charge in [0.2, 0.25) is 0 Å². The number of hydrogen-bond donors (Lipinski definition) is 2. The molecule has 3 atom stereocenters. The highest BCUT2D eigenvalue weighted by atomic mass is 16.9. The fourth-order valence-corrected chi connectivity index (χ4v) is 5.43. The smallest absolute Gasteiger partial charge is 0.315 e. The Kier molecular flexibility index (Phi) is 6.45. The molecule has 0 spiro atoms. The van der Waals surface area contributed by atoms with Gasteiger partial charge in [-0.25, -0.2) is 0 Å². The van der Waals surface area contributed by atoms with E-state index in [2.05, 4.69) is 31.7 Å². The molecule has 3 aliphatic carbocycles. The van der Waals surface area contributed by atoms with Crippen LogP contribution in [-0.4, -0.2) is 34.5 Å². The molecule has 0 unspecified atom stereocenters. The molecular weight excluding hydrogens is 414 g/mol. The summed E-state index contributed by atoms with van der Waals surface area (Å²) in [6.07, 6.45) is 4.04. The van der Waals surface area contributed by atoms with E-state index in [1.807, 2.05) is 0 Å². The summed E-state index contributed by atoms with van der Waals surface area (Å²) in [7, 11) is 0. The normalized spacial score (nSPS) is 23.7. The van der Waals surface area contributed by atoms with Gasteiger partial charge in [-0.05, 0) is 68.9 Å². The number of carbonyl (C=O) groups excluding carboxylic acids is 1. The van der Waals surface area contributed by atoms with Gasteiger partial charge in [0.1, 0.15) is 11.5 Å². The minimum Gasteiger partial charge on any atom is -0.508 e. The molecule has 0 aliphatic heterocycles. The monoisotopic (exact) mass is 447 g/mol. The first kappa shape index (κ1) is 23.9. The predicted octanol–water partition coefficient (Wildman–Crippen LogP) is 4.61. The molecule has 32 heavy (non-hydrogen) atoms. The van der Waals surface area contributed by atoms with Gasteiger partial charge in [-0.15, -0.1) is 10.1 Å². The third-order valence-corrected chi connectivity index (χ3v) is 7.40. The van der Waals surface area contributed by atoms with Crippen molar-refractivity contribution in [2.24, 2.45) is 17.3 Å². The topological polar surface area (TPSA) is 119 Å². The Morgan fingerprint density at radius 3 is 2.50 bits per heavy atom. The summed E-state index contributed by atoms with van der Waals surface area (Å²) in [6.45, 7) is 10.1. The SMILES string of the molecule is CC1=C[C@H](c2c(O)cc(O)cc2C(C)(C)C(=O)OCCCCO[N+](=O)[O-])[C@@H]2C[C@@H]1C2(C)C. The van der Waals surface area contributed by atoms with Gasteiger partial charge in [-0.2, -0.15) is 0 Å². The van der Waals surface area contributed by atoms with Crippen LogP contribution >= 0.6 is 0 Å². The number of esters is 1. The Bertz CT molecular complexity index is 935. The van der Waals surface area contributed by atoms with E-state index in [0.29, 0.717) is 35.8 Å². The lowest BCUT2D eigenvalue weighted by molar-refractivity contribution is -0.757. The van der Waals surface area contributed by atoms with Crippen LogP contribution in [0.5, 0.6) is 11.5 Å². The molecule has 8 nitrogen and oxygen atoms in total. The van der Waals surface area contributed by atoms with Crippen LogP contribution < -0.4 is 0 Å². The van der Waals surface area contributed by atoms with Crippen LogP contribution in [0, 0.1) is 27.4 Å². The highest BCUT2D eigenvalue weighted by molar-refractivity contribution is 5.83. The molecule has 3 aliphatic rings. The zero-order valence-corrected chi connectivity index (χ0v) is 19.4. The highest BCUT2D eigenvalue weighted by Crippen LogP contribution is 2.64. The van der Waals surface area contributed by atoms with Gasteiger partial charge in [0.15, 0.2) is 0 Å². The van der Waals surface area contributed by atoms with E-state index < -0.39 is 16.5 Å². The van der Waals surface area contributed by atoms with Gasteiger partial charge >= 0.3 is 5.97 Å². The summed E-state index contributed by atoms with van der Waals surface area (Å²) < 4.78 is 5.45. The number of allylic oxidation sites excluding steroid dienone is 2. The maximum atomic E-state index is 13.0. The van der Waals surface area contributed by atoms with E-state index >= 15 is 0 Å². The molecule has 1 saturated carbocycles. The molecule has 2 bridgehead atoms.